The maximum atomic E-state index is 11.8. The van der Waals surface area contributed by atoms with Crippen molar-refractivity contribution in [2.45, 2.75) is 13.8 Å². The van der Waals surface area contributed by atoms with E-state index in [9.17, 15) is 14.9 Å². The minimum atomic E-state index is -0.804. The number of nitro groups is 1. The number of carbonyl (C=O) groups is 1. The van der Waals surface area contributed by atoms with Gasteiger partial charge in [0.2, 0.25) is 5.69 Å². The standard InChI is InChI=1S/C11H10ClN3O4/c1-3-19-11(16)9-10(15(17)18)13-8-4-6(2)7(12)5-14(8)9/h4-5H,3H2,1-2H3. The van der Waals surface area contributed by atoms with Gasteiger partial charge in [0.05, 0.1) is 11.6 Å². The number of aromatic nitrogens is 2. The minimum Gasteiger partial charge on any atom is -0.461 e. The zero-order valence-corrected chi connectivity index (χ0v) is 11.0. The molecule has 2 rings (SSSR count). The number of aryl methyl sites for hydroxylation is 1. The summed E-state index contributed by atoms with van der Waals surface area (Å²) in [6.07, 6.45) is 1.42. The largest absolute Gasteiger partial charge is 0.461 e. The Kier molecular flexibility index (Phi) is 3.39. The van der Waals surface area contributed by atoms with Gasteiger partial charge in [0.25, 0.3) is 5.65 Å². The van der Waals surface area contributed by atoms with E-state index in [1.807, 2.05) is 0 Å². The summed E-state index contributed by atoms with van der Waals surface area (Å²) in [5, 5.41) is 11.3. The van der Waals surface area contributed by atoms with Gasteiger partial charge >= 0.3 is 11.8 Å². The number of nitrogens with zero attached hydrogens (tertiary/aromatic N) is 3. The zero-order valence-electron chi connectivity index (χ0n) is 10.2. The third-order valence-corrected chi connectivity index (χ3v) is 2.92. The van der Waals surface area contributed by atoms with Gasteiger partial charge in [-0.3, -0.25) is 4.40 Å². The molecule has 0 fully saturated rings. The lowest BCUT2D eigenvalue weighted by Gasteiger charge is -2.02. The molecule has 0 saturated heterocycles. The molecule has 100 valence electrons. The Bertz CT molecular complexity index is 680. The van der Waals surface area contributed by atoms with Gasteiger partial charge < -0.3 is 14.9 Å². The van der Waals surface area contributed by atoms with Crippen molar-refractivity contribution in [2.24, 2.45) is 0 Å². The average molecular weight is 284 g/mol. The van der Waals surface area contributed by atoms with Gasteiger partial charge in [-0.1, -0.05) is 11.6 Å². The fourth-order valence-corrected chi connectivity index (χ4v) is 1.82. The predicted molar refractivity (Wildman–Crippen MR) is 67.5 cm³/mol. The summed E-state index contributed by atoms with van der Waals surface area (Å²) in [5.41, 5.74) is 0.755. The Labute approximate surface area is 112 Å². The molecule has 2 aromatic heterocycles. The number of rotatable bonds is 3. The molecule has 19 heavy (non-hydrogen) atoms. The fraction of sp³-hybridized carbons (Fsp3) is 0.273. The number of carbonyl (C=O) groups excluding carboxylic acids is 1. The molecule has 0 saturated carbocycles. The molecule has 2 aromatic rings. The van der Waals surface area contributed by atoms with Crippen LogP contribution in [0.1, 0.15) is 23.0 Å². The highest BCUT2D eigenvalue weighted by atomic mass is 35.5. The highest BCUT2D eigenvalue weighted by Gasteiger charge is 2.30. The number of ether oxygens (including phenoxy) is 1. The summed E-state index contributed by atoms with van der Waals surface area (Å²) in [4.78, 5) is 25.9. The SMILES string of the molecule is CCOC(=O)c1c([N+](=O)[O-])nc2cc(C)c(Cl)cn12. The van der Waals surface area contributed by atoms with Crippen LogP contribution in [0.5, 0.6) is 0 Å². The lowest BCUT2D eigenvalue weighted by molar-refractivity contribution is -0.389. The number of hydrogen-bond donors (Lipinski definition) is 0. The summed E-state index contributed by atoms with van der Waals surface area (Å²) in [7, 11) is 0. The summed E-state index contributed by atoms with van der Waals surface area (Å²) in [6, 6.07) is 1.57. The number of imidazole rings is 1. The number of fused-ring (bicyclic) bond motifs is 1. The van der Waals surface area contributed by atoms with Crippen LogP contribution in [0.3, 0.4) is 0 Å². The Hall–Kier alpha value is -2.15. The predicted octanol–water partition coefficient (Wildman–Crippen LogP) is 2.38. The van der Waals surface area contributed by atoms with Crippen molar-refractivity contribution in [3.63, 3.8) is 0 Å². The molecule has 7 nitrogen and oxygen atoms in total. The molecule has 0 bridgehead atoms. The molecular weight excluding hydrogens is 274 g/mol. The van der Waals surface area contributed by atoms with E-state index in [0.29, 0.717) is 10.6 Å². The molecule has 0 aliphatic heterocycles. The first kappa shape index (κ1) is 13.3. The number of halogens is 1. The fourth-order valence-electron chi connectivity index (χ4n) is 1.66. The average Bonchev–Trinajstić information content (AvgIpc) is 2.69. The van der Waals surface area contributed by atoms with Gasteiger partial charge in [0.15, 0.2) is 0 Å². The molecule has 0 aromatic carbocycles. The highest BCUT2D eigenvalue weighted by molar-refractivity contribution is 6.31. The van der Waals surface area contributed by atoms with Crippen molar-refractivity contribution in [3.8, 4) is 0 Å². The maximum Gasteiger partial charge on any atom is 0.397 e. The molecule has 0 radical (unpaired) electrons. The van der Waals surface area contributed by atoms with Gasteiger partial charge in [0, 0.05) is 12.3 Å². The zero-order chi connectivity index (χ0) is 14.2. The molecule has 0 amide bonds. The van der Waals surface area contributed by atoms with E-state index >= 15 is 0 Å². The van der Waals surface area contributed by atoms with Gasteiger partial charge in [-0.05, 0) is 29.3 Å². The summed E-state index contributed by atoms with van der Waals surface area (Å²) in [6.45, 7) is 3.47. The van der Waals surface area contributed by atoms with Crippen LogP contribution < -0.4 is 0 Å². The Morgan fingerprint density at radius 2 is 2.32 bits per heavy atom. The van der Waals surface area contributed by atoms with Crippen LogP contribution in [-0.4, -0.2) is 26.9 Å². The van der Waals surface area contributed by atoms with Crippen molar-refractivity contribution in [1.29, 1.82) is 0 Å². The second-order valence-electron chi connectivity index (χ2n) is 3.79. The van der Waals surface area contributed by atoms with Crippen molar-refractivity contribution >= 4 is 29.0 Å². The maximum absolute atomic E-state index is 11.8. The lowest BCUT2D eigenvalue weighted by atomic mass is 10.3. The van der Waals surface area contributed by atoms with Crippen LogP contribution in [0.25, 0.3) is 5.65 Å². The molecule has 0 atom stereocenters. The smallest absolute Gasteiger partial charge is 0.397 e. The topological polar surface area (TPSA) is 86.7 Å². The van der Waals surface area contributed by atoms with Crippen molar-refractivity contribution in [1.82, 2.24) is 9.38 Å². The van der Waals surface area contributed by atoms with Gasteiger partial charge in [-0.15, -0.1) is 0 Å². The third-order valence-electron chi connectivity index (χ3n) is 2.53. The van der Waals surface area contributed by atoms with Crippen molar-refractivity contribution < 1.29 is 14.5 Å². The van der Waals surface area contributed by atoms with E-state index in [4.69, 9.17) is 16.3 Å². The molecule has 2 heterocycles. The monoisotopic (exact) mass is 283 g/mol. The van der Waals surface area contributed by atoms with Crippen LogP contribution >= 0.6 is 11.6 Å². The molecule has 0 unspecified atom stereocenters. The van der Waals surface area contributed by atoms with E-state index in [2.05, 4.69) is 4.98 Å². The normalized spacial score (nSPS) is 10.7. The second-order valence-corrected chi connectivity index (χ2v) is 4.20. The molecule has 0 aliphatic rings. The van der Waals surface area contributed by atoms with Crippen LogP contribution in [0.15, 0.2) is 12.3 Å². The van der Waals surface area contributed by atoms with E-state index in [1.165, 1.54) is 10.6 Å². The third kappa shape index (κ3) is 2.24. The Morgan fingerprint density at radius 3 is 2.89 bits per heavy atom. The number of pyridine rings is 1. The van der Waals surface area contributed by atoms with Crippen LogP contribution in [-0.2, 0) is 4.74 Å². The van der Waals surface area contributed by atoms with E-state index < -0.39 is 16.7 Å². The quantitative estimate of drug-likeness (QED) is 0.490. The van der Waals surface area contributed by atoms with Gasteiger partial charge in [-0.25, -0.2) is 4.79 Å². The number of esters is 1. The van der Waals surface area contributed by atoms with E-state index in [0.717, 1.165) is 0 Å². The molecule has 0 aliphatic carbocycles. The Morgan fingerprint density at radius 1 is 1.63 bits per heavy atom. The number of hydrogen-bond acceptors (Lipinski definition) is 5. The first-order valence-corrected chi connectivity index (χ1v) is 5.83. The van der Waals surface area contributed by atoms with Crippen molar-refractivity contribution in [2.75, 3.05) is 6.61 Å². The van der Waals surface area contributed by atoms with Crippen LogP contribution in [0.2, 0.25) is 5.02 Å². The van der Waals surface area contributed by atoms with E-state index in [1.54, 1.807) is 19.9 Å². The molecular formula is C11H10ClN3O4. The van der Waals surface area contributed by atoms with E-state index in [-0.39, 0.29) is 17.9 Å². The van der Waals surface area contributed by atoms with Crippen LogP contribution in [0.4, 0.5) is 5.82 Å². The minimum absolute atomic E-state index is 0.114. The molecule has 0 spiro atoms. The highest BCUT2D eigenvalue weighted by Crippen LogP contribution is 2.25. The lowest BCUT2D eigenvalue weighted by Crippen LogP contribution is -2.10. The molecule has 0 N–H and O–H groups in total. The van der Waals surface area contributed by atoms with Gasteiger partial charge in [-0.2, -0.15) is 0 Å². The second kappa shape index (κ2) is 4.85. The Balaban J connectivity index is 2.76. The summed E-state index contributed by atoms with van der Waals surface area (Å²) >= 11 is 5.96. The van der Waals surface area contributed by atoms with Gasteiger partial charge in [0.1, 0.15) is 0 Å². The molecule has 8 heteroatoms. The van der Waals surface area contributed by atoms with Crippen LogP contribution in [0, 0.1) is 17.0 Å². The summed E-state index contributed by atoms with van der Waals surface area (Å²) in [5.74, 6) is -1.35. The van der Waals surface area contributed by atoms with Crippen molar-refractivity contribution in [3.05, 3.63) is 38.7 Å². The first-order chi connectivity index (χ1) is 8.95. The first-order valence-electron chi connectivity index (χ1n) is 5.45. The summed E-state index contributed by atoms with van der Waals surface area (Å²) < 4.78 is 6.08.